The van der Waals surface area contributed by atoms with Crippen LogP contribution in [-0.4, -0.2) is 31.5 Å². The lowest BCUT2D eigenvalue weighted by Gasteiger charge is -2.13. The number of aliphatic hydroxyl groups excluding tert-OH is 1. The summed E-state index contributed by atoms with van der Waals surface area (Å²) < 4.78 is 1.99. The lowest BCUT2D eigenvalue weighted by molar-refractivity contribution is 0.199. The van der Waals surface area contributed by atoms with E-state index in [1.165, 1.54) is 4.90 Å². The molecule has 0 fully saturated rings. The fraction of sp³-hybridized carbons (Fsp3) is 0.333. The van der Waals surface area contributed by atoms with Gasteiger partial charge in [-0.25, -0.2) is 9.97 Å². The van der Waals surface area contributed by atoms with Crippen LogP contribution in [0.25, 0.3) is 16.7 Å². The molecule has 3 rings (SSSR count). The van der Waals surface area contributed by atoms with Gasteiger partial charge in [0.2, 0.25) is 0 Å². The van der Waals surface area contributed by atoms with Crippen LogP contribution in [-0.2, 0) is 0 Å². The molecule has 2 N–H and O–H groups in total. The van der Waals surface area contributed by atoms with Gasteiger partial charge >= 0.3 is 0 Å². The van der Waals surface area contributed by atoms with Crippen molar-refractivity contribution in [2.45, 2.75) is 31.4 Å². The van der Waals surface area contributed by atoms with Gasteiger partial charge in [0.25, 0.3) is 0 Å². The second-order valence-corrected chi connectivity index (χ2v) is 6.07. The molecule has 0 saturated carbocycles. The molecule has 1 atom stereocenters. The number of hydrogen-bond donors (Lipinski definition) is 2. The summed E-state index contributed by atoms with van der Waals surface area (Å²) in [5.41, 5.74) is 2.63. The molecule has 0 bridgehead atoms. The topological polar surface area (TPSA) is 62.5 Å². The second-order valence-electron chi connectivity index (χ2n) is 4.73. The minimum absolute atomic E-state index is 0.609. The fourth-order valence-corrected chi connectivity index (χ4v) is 2.95. The summed E-state index contributed by atoms with van der Waals surface area (Å²) in [5.74, 6) is 1.64. The maximum Gasteiger partial charge on any atom is 0.180 e. The highest BCUT2D eigenvalue weighted by Gasteiger charge is 2.12. The molecule has 6 heteroatoms. The highest BCUT2D eigenvalue weighted by molar-refractivity contribution is 7.99. The standard InChI is InChI=1S/C15H18N4OS/c1-3-13(20)18-14-15-16-7-8-19(15)12-6-5-10(21-4-2)9-11(12)17-14/h5-9,13,20H,3-4H2,1-2H3,(H,17,18). The monoisotopic (exact) mass is 302 g/mol. The van der Waals surface area contributed by atoms with Gasteiger partial charge in [0, 0.05) is 17.3 Å². The maximum atomic E-state index is 9.83. The predicted octanol–water partition coefficient (Wildman–Crippen LogP) is 3.13. The Labute approximate surface area is 127 Å². The lowest BCUT2D eigenvalue weighted by atomic mass is 10.3. The number of thioether (sulfide) groups is 1. The third-order valence-electron chi connectivity index (χ3n) is 3.29. The average Bonchev–Trinajstić information content (AvgIpc) is 2.97. The zero-order valence-corrected chi connectivity index (χ0v) is 12.9. The Hall–Kier alpha value is -1.79. The van der Waals surface area contributed by atoms with Gasteiger partial charge in [-0.3, -0.25) is 4.40 Å². The molecule has 0 aliphatic rings. The van der Waals surface area contributed by atoms with E-state index in [9.17, 15) is 5.11 Å². The van der Waals surface area contributed by atoms with Crippen LogP contribution >= 0.6 is 11.8 Å². The molecule has 1 unspecified atom stereocenters. The molecule has 1 aromatic carbocycles. The minimum Gasteiger partial charge on any atom is -0.374 e. The number of aromatic nitrogens is 3. The van der Waals surface area contributed by atoms with Crippen molar-refractivity contribution in [3.8, 4) is 0 Å². The third-order valence-corrected chi connectivity index (χ3v) is 4.17. The van der Waals surface area contributed by atoms with E-state index >= 15 is 0 Å². The summed E-state index contributed by atoms with van der Waals surface area (Å²) in [5, 5.41) is 12.8. The Kier molecular flexibility index (Phi) is 3.98. The second kappa shape index (κ2) is 5.91. The lowest BCUT2D eigenvalue weighted by Crippen LogP contribution is -2.18. The molecule has 5 nitrogen and oxygen atoms in total. The Morgan fingerprint density at radius 3 is 3.00 bits per heavy atom. The summed E-state index contributed by atoms with van der Waals surface area (Å²) in [4.78, 5) is 10.2. The first-order valence-corrected chi connectivity index (χ1v) is 8.05. The van der Waals surface area contributed by atoms with Crippen LogP contribution in [0, 0.1) is 0 Å². The van der Waals surface area contributed by atoms with Crippen molar-refractivity contribution in [2.75, 3.05) is 11.1 Å². The minimum atomic E-state index is -0.622. The fourth-order valence-electron chi connectivity index (χ4n) is 2.25. The number of aliphatic hydroxyl groups is 1. The Balaban J connectivity index is 2.17. The Morgan fingerprint density at radius 2 is 2.24 bits per heavy atom. The average molecular weight is 302 g/mol. The van der Waals surface area contributed by atoms with Gasteiger partial charge in [0.15, 0.2) is 11.5 Å². The maximum absolute atomic E-state index is 9.83. The number of anilines is 1. The summed E-state index contributed by atoms with van der Waals surface area (Å²) in [6.45, 7) is 4.05. The molecular formula is C15H18N4OS. The molecule has 0 saturated heterocycles. The smallest absolute Gasteiger partial charge is 0.180 e. The normalized spacial score (nSPS) is 12.9. The van der Waals surface area contributed by atoms with Crippen molar-refractivity contribution in [3.05, 3.63) is 30.6 Å². The van der Waals surface area contributed by atoms with E-state index in [0.29, 0.717) is 12.2 Å². The molecule has 110 valence electrons. The van der Waals surface area contributed by atoms with Crippen molar-refractivity contribution >= 4 is 34.3 Å². The predicted molar refractivity (Wildman–Crippen MR) is 86.8 cm³/mol. The van der Waals surface area contributed by atoms with Crippen molar-refractivity contribution in [1.29, 1.82) is 0 Å². The van der Waals surface area contributed by atoms with Crippen molar-refractivity contribution < 1.29 is 5.11 Å². The van der Waals surface area contributed by atoms with Gasteiger partial charge in [0.05, 0.1) is 11.0 Å². The van der Waals surface area contributed by atoms with Gasteiger partial charge < -0.3 is 10.4 Å². The van der Waals surface area contributed by atoms with Crippen molar-refractivity contribution in [3.63, 3.8) is 0 Å². The van der Waals surface area contributed by atoms with Gasteiger partial charge in [-0.2, -0.15) is 0 Å². The molecule has 21 heavy (non-hydrogen) atoms. The van der Waals surface area contributed by atoms with Gasteiger partial charge in [-0.05, 0) is 30.4 Å². The summed E-state index contributed by atoms with van der Waals surface area (Å²) in [6.07, 6.45) is 3.64. The van der Waals surface area contributed by atoms with Gasteiger partial charge in [-0.15, -0.1) is 11.8 Å². The molecule has 0 aliphatic heterocycles. The van der Waals surface area contributed by atoms with Crippen LogP contribution < -0.4 is 5.32 Å². The number of nitrogens with one attached hydrogen (secondary N) is 1. The molecule has 3 aromatic rings. The molecule has 2 heterocycles. The first-order valence-electron chi connectivity index (χ1n) is 7.07. The first-order chi connectivity index (χ1) is 10.2. The van der Waals surface area contributed by atoms with Crippen LogP contribution in [0.5, 0.6) is 0 Å². The number of nitrogens with zero attached hydrogens (tertiary/aromatic N) is 3. The number of hydrogen-bond acceptors (Lipinski definition) is 5. The van der Waals surface area contributed by atoms with E-state index in [1.54, 1.807) is 18.0 Å². The van der Waals surface area contributed by atoms with Gasteiger partial charge in [0.1, 0.15) is 6.23 Å². The Morgan fingerprint density at radius 1 is 1.38 bits per heavy atom. The van der Waals surface area contributed by atoms with Crippen LogP contribution in [0.3, 0.4) is 0 Å². The highest BCUT2D eigenvalue weighted by atomic mass is 32.2. The highest BCUT2D eigenvalue weighted by Crippen LogP contribution is 2.26. The van der Waals surface area contributed by atoms with Gasteiger partial charge in [-0.1, -0.05) is 13.8 Å². The molecular weight excluding hydrogens is 284 g/mol. The molecule has 2 aromatic heterocycles. The zero-order valence-electron chi connectivity index (χ0n) is 12.1. The largest absolute Gasteiger partial charge is 0.374 e. The number of imidazole rings is 1. The number of rotatable bonds is 5. The van der Waals surface area contributed by atoms with Crippen LogP contribution in [0.15, 0.2) is 35.5 Å². The number of fused-ring (bicyclic) bond motifs is 3. The van der Waals surface area contributed by atoms with E-state index in [-0.39, 0.29) is 0 Å². The number of benzene rings is 1. The molecule has 0 spiro atoms. The molecule has 0 aliphatic carbocycles. The summed E-state index contributed by atoms with van der Waals surface area (Å²) >= 11 is 1.79. The van der Waals surface area contributed by atoms with E-state index in [1.807, 2.05) is 17.5 Å². The van der Waals surface area contributed by atoms with Crippen LogP contribution in [0.2, 0.25) is 0 Å². The van der Waals surface area contributed by atoms with E-state index in [0.717, 1.165) is 22.4 Å². The van der Waals surface area contributed by atoms with E-state index in [2.05, 4.69) is 40.4 Å². The first kappa shape index (κ1) is 14.2. The zero-order chi connectivity index (χ0) is 14.8. The van der Waals surface area contributed by atoms with Crippen LogP contribution in [0.1, 0.15) is 20.3 Å². The van der Waals surface area contributed by atoms with Crippen molar-refractivity contribution in [2.24, 2.45) is 0 Å². The molecule has 0 amide bonds. The van der Waals surface area contributed by atoms with E-state index < -0.39 is 6.23 Å². The summed E-state index contributed by atoms with van der Waals surface area (Å²) in [7, 11) is 0. The Bertz CT molecular complexity index is 771. The third kappa shape index (κ3) is 2.69. The molecule has 0 radical (unpaired) electrons. The summed E-state index contributed by atoms with van der Waals surface area (Å²) in [6, 6.07) is 6.24. The quantitative estimate of drug-likeness (QED) is 0.560. The van der Waals surface area contributed by atoms with Crippen molar-refractivity contribution in [1.82, 2.24) is 14.4 Å². The van der Waals surface area contributed by atoms with E-state index in [4.69, 9.17) is 0 Å². The SMILES string of the molecule is CCSc1ccc2c(c1)nc(NC(O)CC)c1nccn12. The van der Waals surface area contributed by atoms with Crippen LogP contribution in [0.4, 0.5) is 5.82 Å².